The van der Waals surface area contributed by atoms with Crippen LogP contribution in [0.3, 0.4) is 0 Å². The summed E-state index contributed by atoms with van der Waals surface area (Å²) in [5, 5.41) is 0. The van der Waals surface area contributed by atoms with Crippen molar-refractivity contribution < 1.29 is 14.2 Å². The molecule has 0 amide bonds. The van der Waals surface area contributed by atoms with Gasteiger partial charge in [0.05, 0.1) is 18.1 Å². The van der Waals surface area contributed by atoms with Gasteiger partial charge in [-0.3, -0.25) is 0 Å². The van der Waals surface area contributed by atoms with Crippen LogP contribution in [0, 0.1) is 6.92 Å². The van der Waals surface area contributed by atoms with Gasteiger partial charge < -0.3 is 18.8 Å². The molecule has 0 atom stereocenters. The van der Waals surface area contributed by atoms with E-state index in [1.807, 2.05) is 36.4 Å². The molecule has 0 aliphatic heterocycles. The molecule has 1 aliphatic carbocycles. The van der Waals surface area contributed by atoms with Crippen molar-refractivity contribution in [2.75, 3.05) is 7.11 Å². The molecular formula is C34H34N2O3. The fourth-order valence-electron chi connectivity index (χ4n) is 5.53. The van der Waals surface area contributed by atoms with Crippen molar-refractivity contribution >= 4 is 11.0 Å². The lowest BCUT2D eigenvalue weighted by Crippen LogP contribution is -2.37. The van der Waals surface area contributed by atoms with E-state index in [0.29, 0.717) is 30.5 Å². The van der Waals surface area contributed by atoms with Gasteiger partial charge in [0, 0.05) is 16.7 Å². The Bertz CT molecular complexity index is 1590. The van der Waals surface area contributed by atoms with Crippen LogP contribution >= 0.6 is 0 Å². The number of para-hydroxylation sites is 2. The third kappa shape index (κ3) is 4.74. The zero-order valence-corrected chi connectivity index (χ0v) is 22.8. The topological polar surface area (TPSA) is 45.5 Å². The molecule has 0 spiro atoms. The molecule has 1 aromatic heterocycles. The molecule has 1 heterocycles. The van der Waals surface area contributed by atoms with Crippen molar-refractivity contribution in [1.29, 1.82) is 0 Å². The van der Waals surface area contributed by atoms with Gasteiger partial charge in [0.2, 0.25) is 5.75 Å². The first-order valence-electron chi connectivity index (χ1n) is 13.6. The smallest absolute Gasteiger partial charge is 0.204 e. The van der Waals surface area contributed by atoms with Crippen molar-refractivity contribution in [1.82, 2.24) is 9.55 Å². The van der Waals surface area contributed by atoms with Crippen LogP contribution in [-0.4, -0.2) is 16.7 Å². The highest BCUT2D eigenvalue weighted by molar-refractivity contribution is 5.83. The molecule has 0 N–H and O–H groups in total. The Labute approximate surface area is 230 Å². The van der Waals surface area contributed by atoms with Gasteiger partial charge in [0.25, 0.3) is 0 Å². The summed E-state index contributed by atoms with van der Waals surface area (Å²) in [5.74, 6) is 2.86. The molecule has 198 valence electrons. The van der Waals surface area contributed by atoms with E-state index in [-0.39, 0.29) is 5.54 Å². The number of benzene rings is 4. The van der Waals surface area contributed by atoms with E-state index >= 15 is 0 Å². The average Bonchev–Trinajstić information content (AvgIpc) is 3.35. The van der Waals surface area contributed by atoms with Gasteiger partial charge in [-0.15, -0.1) is 0 Å². The van der Waals surface area contributed by atoms with Gasteiger partial charge >= 0.3 is 0 Å². The Morgan fingerprint density at radius 2 is 1.38 bits per heavy atom. The molecule has 5 nitrogen and oxygen atoms in total. The Morgan fingerprint density at radius 1 is 0.795 bits per heavy atom. The number of hydrogen-bond acceptors (Lipinski definition) is 4. The van der Waals surface area contributed by atoms with Crippen LogP contribution in [0.1, 0.15) is 42.9 Å². The third-order valence-electron chi connectivity index (χ3n) is 7.89. The Hall–Kier alpha value is -4.25. The van der Waals surface area contributed by atoms with Crippen molar-refractivity contribution in [3.05, 3.63) is 108 Å². The summed E-state index contributed by atoms with van der Waals surface area (Å²) in [6, 6.07) is 30.8. The molecule has 0 unspecified atom stereocenters. The van der Waals surface area contributed by atoms with E-state index in [1.54, 1.807) is 7.11 Å². The summed E-state index contributed by atoms with van der Waals surface area (Å²) in [4.78, 5) is 5.16. The molecular weight excluding hydrogens is 484 g/mol. The number of fused-ring (bicyclic) bond motifs is 1. The highest BCUT2D eigenvalue weighted by Gasteiger charge is 2.37. The second kappa shape index (κ2) is 10.5. The third-order valence-corrected chi connectivity index (χ3v) is 7.89. The molecule has 1 fully saturated rings. The predicted octanol–water partition coefficient (Wildman–Crippen LogP) is 8.08. The molecule has 1 aliphatic rings. The van der Waals surface area contributed by atoms with Crippen molar-refractivity contribution in [2.24, 2.45) is 0 Å². The average molecular weight is 519 g/mol. The van der Waals surface area contributed by atoms with Gasteiger partial charge in [0.1, 0.15) is 19.0 Å². The highest BCUT2D eigenvalue weighted by Crippen LogP contribution is 2.49. The fraction of sp³-hybridized carbons (Fsp3) is 0.265. The first-order valence-corrected chi connectivity index (χ1v) is 13.6. The van der Waals surface area contributed by atoms with E-state index in [4.69, 9.17) is 19.2 Å². The van der Waals surface area contributed by atoms with Gasteiger partial charge in [-0.25, -0.2) is 4.98 Å². The largest absolute Gasteiger partial charge is 0.493 e. The highest BCUT2D eigenvalue weighted by atomic mass is 16.5. The molecule has 0 bridgehead atoms. The van der Waals surface area contributed by atoms with E-state index < -0.39 is 0 Å². The fourth-order valence-corrected chi connectivity index (χ4v) is 5.53. The first-order chi connectivity index (χ1) is 19.1. The van der Waals surface area contributed by atoms with Gasteiger partial charge in [0.15, 0.2) is 11.5 Å². The van der Waals surface area contributed by atoms with E-state index in [9.17, 15) is 0 Å². The number of rotatable bonds is 9. The molecule has 39 heavy (non-hydrogen) atoms. The van der Waals surface area contributed by atoms with Crippen LogP contribution in [0.4, 0.5) is 0 Å². The standard InChI is InChI=1S/C34H34N2O3/c1-24-27(33-35-28-17-10-11-18-29(28)36(33)34(2)19-12-20-34)21-30(37-3)32(39-23-26-15-8-5-9-16-26)31(24)38-22-25-13-6-4-7-14-25/h4-11,13-18,21H,12,19-20,22-23H2,1-3H3. The van der Waals surface area contributed by atoms with Crippen molar-refractivity contribution in [2.45, 2.75) is 51.9 Å². The van der Waals surface area contributed by atoms with Crippen LogP contribution in [-0.2, 0) is 18.8 Å². The molecule has 6 rings (SSSR count). The maximum absolute atomic E-state index is 6.54. The van der Waals surface area contributed by atoms with Crippen molar-refractivity contribution in [3.63, 3.8) is 0 Å². The van der Waals surface area contributed by atoms with E-state index in [0.717, 1.165) is 52.0 Å². The molecule has 0 radical (unpaired) electrons. The lowest BCUT2D eigenvalue weighted by Gasteiger charge is -2.41. The summed E-state index contributed by atoms with van der Waals surface area (Å²) in [5.41, 5.74) is 6.32. The zero-order valence-electron chi connectivity index (χ0n) is 22.8. The van der Waals surface area contributed by atoms with Crippen LogP contribution in [0.5, 0.6) is 17.2 Å². The molecule has 5 heteroatoms. The van der Waals surface area contributed by atoms with E-state index in [2.05, 4.69) is 73.0 Å². The maximum Gasteiger partial charge on any atom is 0.204 e. The van der Waals surface area contributed by atoms with Gasteiger partial charge in [-0.2, -0.15) is 0 Å². The zero-order chi connectivity index (χ0) is 26.8. The molecule has 0 saturated heterocycles. The number of ether oxygens (including phenoxy) is 3. The quantitative estimate of drug-likeness (QED) is 0.198. The number of aromatic nitrogens is 2. The molecule has 4 aromatic carbocycles. The Balaban J connectivity index is 1.50. The minimum Gasteiger partial charge on any atom is -0.493 e. The molecule has 1 saturated carbocycles. The van der Waals surface area contributed by atoms with Crippen LogP contribution in [0.15, 0.2) is 91.0 Å². The normalized spacial score (nSPS) is 14.1. The van der Waals surface area contributed by atoms with Gasteiger partial charge in [-0.05, 0) is 62.4 Å². The SMILES string of the molecule is COc1cc(-c2nc3ccccc3n2C2(C)CCC2)c(C)c(OCc2ccccc2)c1OCc1ccccc1. The second-order valence-corrected chi connectivity index (χ2v) is 10.6. The van der Waals surface area contributed by atoms with Crippen LogP contribution in [0.2, 0.25) is 0 Å². The van der Waals surface area contributed by atoms with Gasteiger partial charge in [-0.1, -0.05) is 72.8 Å². The lowest BCUT2D eigenvalue weighted by atomic mass is 9.78. The predicted molar refractivity (Wildman–Crippen MR) is 156 cm³/mol. The maximum atomic E-state index is 6.54. The first kappa shape index (κ1) is 25.1. The lowest BCUT2D eigenvalue weighted by molar-refractivity contribution is 0.177. The Kier molecular flexibility index (Phi) is 6.74. The summed E-state index contributed by atoms with van der Waals surface area (Å²) >= 11 is 0. The van der Waals surface area contributed by atoms with Crippen molar-refractivity contribution in [3.8, 4) is 28.6 Å². The number of imidazole rings is 1. The summed E-state index contributed by atoms with van der Waals surface area (Å²) in [6.07, 6.45) is 3.49. The molecule has 5 aromatic rings. The Morgan fingerprint density at radius 3 is 1.97 bits per heavy atom. The monoisotopic (exact) mass is 518 g/mol. The number of nitrogens with zero attached hydrogens (tertiary/aromatic N) is 2. The minimum atomic E-state index is 0.0264. The number of hydrogen-bond donors (Lipinski definition) is 0. The van der Waals surface area contributed by atoms with Crippen LogP contribution in [0.25, 0.3) is 22.4 Å². The second-order valence-electron chi connectivity index (χ2n) is 10.6. The number of methoxy groups -OCH3 is 1. The van der Waals surface area contributed by atoms with E-state index in [1.165, 1.54) is 6.42 Å². The summed E-state index contributed by atoms with van der Waals surface area (Å²) in [7, 11) is 1.68. The summed E-state index contributed by atoms with van der Waals surface area (Å²) in [6.45, 7) is 5.26. The summed E-state index contributed by atoms with van der Waals surface area (Å²) < 4.78 is 21.3. The van der Waals surface area contributed by atoms with Crippen LogP contribution < -0.4 is 14.2 Å². The minimum absolute atomic E-state index is 0.0264.